The molecule has 0 N–H and O–H groups in total. The number of halogens is 6. The summed E-state index contributed by atoms with van der Waals surface area (Å²) in [5, 5.41) is 0. The zero-order valence-electron chi connectivity index (χ0n) is 9.80. The minimum absolute atomic E-state index is 0.162. The Labute approximate surface area is 123 Å². The molecule has 0 aromatic carbocycles. The van der Waals surface area contributed by atoms with Crippen LogP contribution in [-0.2, 0) is 16.0 Å². The second-order valence-electron chi connectivity index (χ2n) is 3.42. The number of carbonyl (C=O) groups is 1. The van der Waals surface area contributed by atoms with Crippen molar-refractivity contribution in [2.24, 2.45) is 0 Å². The number of rotatable bonds is 4. The van der Waals surface area contributed by atoms with Crippen LogP contribution in [0.2, 0.25) is 0 Å². The lowest BCUT2D eigenvalue weighted by Gasteiger charge is -2.15. The molecule has 1 aromatic rings. The van der Waals surface area contributed by atoms with Crippen molar-refractivity contribution in [1.29, 1.82) is 0 Å². The van der Waals surface area contributed by atoms with Gasteiger partial charge in [-0.2, -0.15) is 0 Å². The van der Waals surface area contributed by atoms with Crippen LogP contribution in [0.3, 0.4) is 0 Å². The first-order valence-electron chi connectivity index (χ1n) is 4.94. The summed E-state index contributed by atoms with van der Waals surface area (Å²) < 4.78 is 69.6. The van der Waals surface area contributed by atoms with Gasteiger partial charge in [0.2, 0.25) is 0 Å². The summed E-state index contributed by atoms with van der Waals surface area (Å²) in [4.78, 5) is 14.7. The second kappa shape index (κ2) is 6.50. The number of alkyl halides is 5. The number of carbonyl (C=O) groups excluding carboxylic acids is 1. The van der Waals surface area contributed by atoms with Crippen LogP contribution in [0.1, 0.15) is 17.7 Å². The highest BCUT2D eigenvalue weighted by atomic mass is 127. The fourth-order valence-electron chi connectivity index (χ4n) is 1.27. The van der Waals surface area contributed by atoms with E-state index >= 15 is 0 Å². The average molecular weight is 411 g/mol. The van der Waals surface area contributed by atoms with Gasteiger partial charge in [-0.1, -0.05) is 0 Å². The quantitative estimate of drug-likeness (QED) is 0.331. The van der Waals surface area contributed by atoms with Gasteiger partial charge < -0.3 is 9.47 Å². The van der Waals surface area contributed by atoms with E-state index in [9.17, 15) is 26.7 Å². The summed E-state index contributed by atoms with van der Waals surface area (Å²) in [5.41, 5.74) is -1.14. The Morgan fingerprint density at radius 1 is 1.45 bits per heavy atom. The Morgan fingerprint density at radius 3 is 2.50 bits per heavy atom. The molecule has 0 unspecified atom stereocenters. The van der Waals surface area contributed by atoms with Crippen molar-refractivity contribution in [2.45, 2.75) is 19.2 Å². The summed E-state index contributed by atoms with van der Waals surface area (Å²) in [7, 11) is 1.08. The van der Waals surface area contributed by atoms with Crippen molar-refractivity contribution in [3.63, 3.8) is 0 Å². The molecule has 0 aliphatic heterocycles. The molecule has 0 radical (unpaired) electrons. The molecule has 10 heteroatoms. The average Bonchev–Trinajstić information content (AvgIpc) is 2.25. The number of nitrogens with zero attached hydrogens (tertiary/aromatic N) is 1. The monoisotopic (exact) mass is 411 g/mol. The number of pyridine rings is 1. The maximum Gasteiger partial charge on any atom is 0.573 e. The summed E-state index contributed by atoms with van der Waals surface area (Å²) in [5.74, 6) is -1.85. The molecular formula is C10H7F5INO3. The van der Waals surface area contributed by atoms with E-state index in [1.165, 1.54) is 22.6 Å². The number of esters is 1. The highest BCUT2D eigenvalue weighted by molar-refractivity contribution is 14.1. The maximum atomic E-state index is 12.7. The molecule has 0 aliphatic rings. The van der Waals surface area contributed by atoms with E-state index in [-0.39, 0.29) is 9.39 Å². The normalized spacial score (nSPS) is 11.6. The lowest BCUT2D eigenvalue weighted by molar-refractivity contribution is -0.275. The fraction of sp³-hybridized carbons (Fsp3) is 0.400. The predicted octanol–water partition coefficient (Wildman–Crippen LogP) is 3.24. The van der Waals surface area contributed by atoms with Crippen LogP contribution in [0.4, 0.5) is 22.0 Å². The maximum absolute atomic E-state index is 12.7. The minimum Gasteiger partial charge on any atom is -0.469 e. The molecular weight excluding hydrogens is 404 g/mol. The van der Waals surface area contributed by atoms with Gasteiger partial charge in [0, 0.05) is 6.07 Å². The highest BCUT2D eigenvalue weighted by Gasteiger charge is 2.34. The predicted molar refractivity (Wildman–Crippen MR) is 64.3 cm³/mol. The first-order chi connectivity index (χ1) is 9.14. The Kier molecular flexibility index (Phi) is 5.48. The van der Waals surface area contributed by atoms with Gasteiger partial charge in [-0.05, 0) is 22.6 Å². The largest absolute Gasteiger partial charge is 0.573 e. The van der Waals surface area contributed by atoms with Gasteiger partial charge >= 0.3 is 12.3 Å². The van der Waals surface area contributed by atoms with E-state index in [2.05, 4.69) is 14.5 Å². The third-order valence-electron chi connectivity index (χ3n) is 2.02. The van der Waals surface area contributed by atoms with E-state index in [0.717, 1.165) is 7.11 Å². The third-order valence-corrected chi connectivity index (χ3v) is 2.85. The van der Waals surface area contributed by atoms with Crippen molar-refractivity contribution in [3.8, 4) is 5.75 Å². The Hall–Kier alpha value is -1.20. The minimum atomic E-state index is -5.13. The standard InChI is InChI=1S/C10H7F5INO3/c1-19-6(18)3-4-2-5(20-10(13,14)15)7(8(11)12)9(16)17-4/h2,8H,3H2,1H3. The van der Waals surface area contributed by atoms with Crippen LogP contribution >= 0.6 is 22.6 Å². The van der Waals surface area contributed by atoms with Crippen LogP contribution in [0.15, 0.2) is 6.07 Å². The lowest BCUT2D eigenvalue weighted by atomic mass is 10.2. The number of methoxy groups -OCH3 is 1. The molecule has 0 spiro atoms. The smallest absolute Gasteiger partial charge is 0.469 e. The first kappa shape index (κ1) is 16.9. The zero-order valence-corrected chi connectivity index (χ0v) is 12.0. The first-order valence-corrected chi connectivity index (χ1v) is 6.02. The van der Waals surface area contributed by atoms with Crippen LogP contribution in [0.5, 0.6) is 5.75 Å². The van der Waals surface area contributed by atoms with Gasteiger partial charge in [0.15, 0.2) is 0 Å². The molecule has 1 aromatic heterocycles. The lowest BCUT2D eigenvalue weighted by Crippen LogP contribution is -2.19. The molecule has 1 rings (SSSR count). The highest BCUT2D eigenvalue weighted by Crippen LogP contribution is 2.36. The number of ether oxygens (including phenoxy) is 2. The van der Waals surface area contributed by atoms with E-state index in [4.69, 9.17) is 0 Å². The van der Waals surface area contributed by atoms with Crippen LogP contribution < -0.4 is 4.74 Å². The van der Waals surface area contributed by atoms with Crippen molar-refractivity contribution < 1.29 is 36.2 Å². The van der Waals surface area contributed by atoms with Crippen molar-refractivity contribution in [1.82, 2.24) is 4.98 Å². The number of hydrogen-bond acceptors (Lipinski definition) is 4. The van der Waals surface area contributed by atoms with Gasteiger partial charge in [-0.15, -0.1) is 13.2 Å². The topological polar surface area (TPSA) is 48.4 Å². The van der Waals surface area contributed by atoms with Gasteiger partial charge in [-0.3, -0.25) is 4.79 Å². The van der Waals surface area contributed by atoms with E-state index in [1.807, 2.05) is 0 Å². The molecule has 0 aliphatic carbocycles. The zero-order chi connectivity index (χ0) is 15.5. The molecule has 0 saturated carbocycles. The molecule has 112 valence electrons. The summed E-state index contributed by atoms with van der Waals surface area (Å²) in [6.45, 7) is 0. The Bertz CT molecular complexity index is 506. The fourth-order valence-corrected chi connectivity index (χ4v) is 2.08. The number of aromatic nitrogens is 1. The van der Waals surface area contributed by atoms with Crippen molar-refractivity contribution in [3.05, 3.63) is 21.0 Å². The third kappa shape index (κ3) is 4.72. The van der Waals surface area contributed by atoms with Crippen LogP contribution in [0.25, 0.3) is 0 Å². The molecule has 0 amide bonds. The van der Waals surface area contributed by atoms with Gasteiger partial charge in [0.05, 0.1) is 24.8 Å². The Balaban J connectivity index is 3.24. The Morgan fingerprint density at radius 2 is 2.05 bits per heavy atom. The second-order valence-corrected chi connectivity index (χ2v) is 4.44. The van der Waals surface area contributed by atoms with Crippen LogP contribution in [-0.4, -0.2) is 24.4 Å². The molecule has 1 heterocycles. The molecule has 0 atom stereocenters. The number of hydrogen-bond donors (Lipinski definition) is 0. The van der Waals surface area contributed by atoms with Crippen LogP contribution in [0, 0.1) is 3.70 Å². The van der Waals surface area contributed by atoms with Gasteiger partial charge in [0.1, 0.15) is 9.45 Å². The molecule has 20 heavy (non-hydrogen) atoms. The molecule has 4 nitrogen and oxygen atoms in total. The van der Waals surface area contributed by atoms with E-state index in [1.54, 1.807) is 0 Å². The summed E-state index contributed by atoms with van der Waals surface area (Å²) in [6, 6.07) is 0.647. The summed E-state index contributed by atoms with van der Waals surface area (Å²) >= 11 is 1.35. The van der Waals surface area contributed by atoms with E-state index in [0.29, 0.717) is 6.07 Å². The van der Waals surface area contributed by atoms with E-state index < -0.39 is 36.5 Å². The van der Waals surface area contributed by atoms with Crippen molar-refractivity contribution in [2.75, 3.05) is 7.11 Å². The molecule has 0 fully saturated rings. The molecule has 0 saturated heterocycles. The van der Waals surface area contributed by atoms with Gasteiger partial charge in [-0.25, -0.2) is 13.8 Å². The molecule has 0 bridgehead atoms. The van der Waals surface area contributed by atoms with Gasteiger partial charge in [0.25, 0.3) is 6.43 Å². The SMILES string of the molecule is COC(=O)Cc1cc(OC(F)(F)F)c(C(F)F)c(I)n1. The summed E-state index contributed by atoms with van der Waals surface area (Å²) in [6.07, 6.45) is -8.78. The van der Waals surface area contributed by atoms with Crippen molar-refractivity contribution >= 4 is 28.6 Å².